The number of unbranched alkanes of at least 4 members (excludes halogenated alkanes) is 1. The number of aliphatic carboxylic acids is 2. The van der Waals surface area contributed by atoms with E-state index < -0.39 is 41.9 Å². The average Bonchev–Trinajstić information content (AvgIpc) is 2.50. The van der Waals surface area contributed by atoms with Crippen LogP contribution in [0.25, 0.3) is 0 Å². The van der Waals surface area contributed by atoms with E-state index in [-0.39, 0.29) is 12.8 Å². The molecule has 10 nitrogen and oxygen atoms in total. The highest BCUT2D eigenvalue weighted by Gasteiger charge is 2.26. The smallest absolute Gasteiger partial charge is 0.325 e. The second kappa shape index (κ2) is 11.4. The van der Waals surface area contributed by atoms with Gasteiger partial charge in [-0.05, 0) is 32.7 Å². The lowest BCUT2D eigenvalue weighted by molar-refractivity contribution is -0.142. The van der Waals surface area contributed by atoms with E-state index in [1.165, 1.54) is 6.92 Å². The van der Waals surface area contributed by atoms with Gasteiger partial charge in [0, 0.05) is 6.42 Å². The minimum Gasteiger partial charge on any atom is -0.481 e. The van der Waals surface area contributed by atoms with E-state index in [0.717, 1.165) is 0 Å². The third-order valence-electron chi connectivity index (χ3n) is 3.32. The Labute approximate surface area is 139 Å². The minimum atomic E-state index is -1.25. The molecular weight excluding hydrogens is 320 g/mol. The molecule has 0 rings (SSSR count). The third-order valence-corrected chi connectivity index (χ3v) is 3.32. The van der Waals surface area contributed by atoms with Crippen LogP contribution in [0.3, 0.4) is 0 Å². The third kappa shape index (κ3) is 9.06. The molecule has 138 valence electrons. The number of carboxylic acids is 2. The summed E-state index contributed by atoms with van der Waals surface area (Å²) >= 11 is 0. The maximum atomic E-state index is 12.0. The number of hydrogen-bond donors (Lipinski definition) is 6. The summed E-state index contributed by atoms with van der Waals surface area (Å²) in [5, 5.41) is 22.1. The Balaban J connectivity index is 4.74. The van der Waals surface area contributed by atoms with Crippen molar-refractivity contribution in [2.24, 2.45) is 11.5 Å². The van der Waals surface area contributed by atoms with Crippen molar-refractivity contribution in [1.29, 1.82) is 0 Å². The monoisotopic (exact) mass is 346 g/mol. The predicted octanol–water partition coefficient (Wildman–Crippen LogP) is -1.62. The number of nitrogens with one attached hydrogen (secondary N) is 2. The van der Waals surface area contributed by atoms with E-state index in [0.29, 0.717) is 25.8 Å². The van der Waals surface area contributed by atoms with Gasteiger partial charge in [-0.3, -0.25) is 19.2 Å². The Bertz CT molecular complexity index is 457. The van der Waals surface area contributed by atoms with Crippen LogP contribution in [0.15, 0.2) is 0 Å². The molecule has 0 aliphatic heterocycles. The normalized spacial score (nSPS) is 14.3. The SMILES string of the molecule is C[C@H](NC(=O)[C@H](CCC(=O)O)NC(=O)[C@@H](N)CCCCN)C(=O)O. The molecule has 2 amide bonds. The first-order chi connectivity index (χ1) is 11.2. The second-order valence-corrected chi connectivity index (χ2v) is 5.45. The molecule has 10 heteroatoms. The molecule has 0 saturated carbocycles. The molecule has 0 aliphatic rings. The van der Waals surface area contributed by atoms with Crippen LogP contribution >= 0.6 is 0 Å². The molecule has 0 saturated heterocycles. The fourth-order valence-electron chi connectivity index (χ4n) is 1.83. The van der Waals surface area contributed by atoms with Gasteiger partial charge in [0.15, 0.2) is 0 Å². The molecule has 0 aromatic carbocycles. The van der Waals surface area contributed by atoms with Gasteiger partial charge >= 0.3 is 11.9 Å². The van der Waals surface area contributed by atoms with E-state index in [1.54, 1.807) is 0 Å². The van der Waals surface area contributed by atoms with Crippen LogP contribution in [0.5, 0.6) is 0 Å². The number of amides is 2. The lowest BCUT2D eigenvalue weighted by Gasteiger charge is -2.21. The molecule has 0 heterocycles. The van der Waals surface area contributed by atoms with Crippen molar-refractivity contribution >= 4 is 23.8 Å². The molecule has 0 unspecified atom stereocenters. The second-order valence-electron chi connectivity index (χ2n) is 5.45. The minimum absolute atomic E-state index is 0.172. The maximum absolute atomic E-state index is 12.0. The van der Waals surface area contributed by atoms with Crippen LogP contribution in [-0.2, 0) is 19.2 Å². The molecule has 0 bridgehead atoms. The van der Waals surface area contributed by atoms with Crippen LogP contribution in [-0.4, -0.2) is 58.6 Å². The quantitative estimate of drug-likeness (QED) is 0.228. The van der Waals surface area contributed by atoms with Gasteiger partial charge in [0.05, 0.1) is 6.04 Å². The Morgan fingerprint density at radius 2 is 1.62 bits per heavy atom. The number of nitrogens with two attached hydrogens (primary N) is 2. The molecule has 8 N–H and O–H groups in total. The zero-order valence-corrected chi connectivity index (χ0v) is 13.7. The van der Waals surface area contributed by atoms with Crippen LogP contribution in [0, 0.1) is 0 Å². The van der Waals surface area contributed by atoms with E-state index in [9.17, 15) is 19.2 Å². The molecule has 0 radical (unpaired) electrons. The first-order valence-electron chi connectivity index (χ1n) is 7.70. The summed E-state index contributed by atoms with van der Waals surface area (Å²) in [6.45, 7) is 1.74. The van der Waals surface area contributed by atoms with E-state index in [1.807, 2.05) is 0 Å². The lowest BCUT2D eigenvalue weighted by atomic mass is 10.1. The van der Waals surface area contributed by atoms with Gasteiger partial charge in [-0.2, -0.15) is 0 Å². The first-order valence-corrected chi connectivity index (χ1v) is 7.70. The number of carbonyl (C=O) groups excluding carboxylic acids is 2. The topological polar surface area (TPSA) is 185 Å². The van der Waals surface area contributed by atoms with Gasteiger partial charge in [-0.1, -0.05) is 6.42 Å². The van der Waals surface area contributed by atoms with Gasteiger partial charge in [0.1, 0.15) is 12.1 Å². The molecule has 0 aromatic heterocycles. The average molecular weight is 346 g/mol. The molecular formula is C14H26N4O6. The van der Waals surface area contributed by atoms with Gasteiger partial charge < -0.3 is 32.3 Å². The maximum Gasteiger partial charge on any atom is 0.325 e. The summed E-state index contributed by atoms with van der Waals surface area (Å²) in [7, 11) is 0. The van der Waals surface area contributed by atoms with Crippen molar-refractivity contribution < 1.29 is 29.4 Å². The number of rotatable bonds is 12. The summed E-state index contributed by atoms with van der Waals surface area (Å²) in [5.74, 6) is -3.75. The summed E-state index contributed by atoms with van der Waals surface area (Å²) in [6.07, 6.45) is 1.20. The van der Waals surface area contributed by atoms with Crippen molar-refractivity contribution in [2.75, 3.05) is 6.54 Å². The van der Waals surface area contributed by atoms with Crippen LogP contribution in [0.1, 0.15) is 39.0 Å². The Hall–Kier alpha value is -2.20. The Morgan fingerprint density at radius 3 is 2.12 bits per heavy atom. The van der Waals surface area contributed by atoms with Crippen molar-refractivity contribution in [3.05, 3.63) is 0 Å². The van der Waals surface area contributed by atoms with Crippen molar-refractivity contribution in [3.63, 3.8) is 0 Å². The zero-order valence-electron chi connectivity index (χ0n) is 13.7. The molecule has 0 aliphatic carbocycles. The highest BCUT2D eigenvalue weighted by Crippen LogP contribution is 2.03. The highest BCUT2D eigenvalue weighted by atomic mass is 16.4. The Kier molecular flexibility index (Phi) is 10.3. The van der Waals surface area contributed by atoms with E-state index in [2.05, 4.69) is 10.6 Å². The predicted molar refractivity (Wildman–Crippen MR) is 84.9 cm³/mol. The lowest BCUT2D eigenvalue weighted by Crippen LogP contribution is -2.54. The molecule has 3 atom stereocenters. The van der Waals surface area contributed by atoms with Crippen molar-refractivity contribution in [1.82, 2.24) is 10.6 Å². The van der Waals surface area contributed by atoms with Crippen molar-refractivity contribution in [3.8, 4) is 0 Å². The van der Waals surface area contributed by atoms with E-state index >= 15 is 0 Å². The van der Waals surface area contributed by atoms with Gasteiger partial charge in [-0.25, -0.2) is 0 Å². The summed E-state index contributed by atoms with van der Waals surface area (Å²) < 4.78 is 0. The molecule has 0 spiro atoms. The Morgan fingerprint density at radius 1 is 1.00 bits per heavy atom. The first kappa shape index (κ1) is 21.8. The van der Waals surface area contributed by atoms with Crippen molar-refractivity contribution in [2.45, 2.75) is 57.2 Å². The van der Waals surface area contributed by atoms with Crippen LogP contribution in [0.2, 0.25) is 0 Å². The highest BCUT2D eigenvalue weighted by molar-refractivity contribution is 5.91. The molecule has 0 aromatic rings. The number of hydrogen-bond acceptors (Lipinski definition) is 6. The van der Waals surface area contributed by atoms with Gasteiger partial charge in [0.25, 0.3) is 0 Å². The summed E-state index contributed by atoms with van der Waals surface area (Å²) in [4.78, 5) is 45.5. The molecule has 24 heavy (non-hydrogen) atoms. The largest absolute Gasteiger partial charge is 0.481 e. The summed E-state index contributed by atoms with van der Waals surface area (Å²) in [5.41, 5.74) is 11.1. The zero-order chi connectivity index (χ0) is 18.7. The standard InChI is InChI=1S/C14H26N4O6/c1-8(14(23)24)17-13(22)10(5-6-11(19)20)18-12(21)9(16)4-2-3-7-15/h8-10H,2-7,15-16H2,1H3,(H,17,22)(H,18,21)(H,19,20)(H,23,24)/t8-,9-,10-/m0/s1. The van der Waals surface area contributed by atoms with Gasteiger partial charge in [0.2, 0.25) is 11.8 Å². The van der Waals surface area contributed by atoms with E-state index in [4.69, 9.17) is 21.7 Å². The number of carbonyl (C=O) groups is 4. The summed E-state index contributed by atoms with van der Waals surface area (Å²) in [6, 6.07) is -3.19. The van der Waals surface area contributed by atoms with Crippen LogP contribution < -0.4 is 22.1 Å². The number of carboxylic acid groups (broad SMARTS) is 2. The van der Waals surface area contributed by atoms with Crippen LogP contribution in [0.4, 0.5) is 0 Å². The molecule has 0 fully saturated rings. The fraction of sp³-hybridized carbons (Fsp3) is 0.714. The fourth-order valence-corrected chi connectivity index (χ4v) is 1.83. The van der Waals surface area contributed by atoms with Gasteiger partial charge in [-0.15, -0.1) is 0 Å².